The molecule has 0 unspecified atom stereocenters. The highest BCUT2D eigenvalue weighted by Crippen LogP contribution is 2.27. The maximum atomic E-state index is 11.3. The number of unbranched alkanes of at least 4 members (excludes halogenated alkanes) is 1. The van der Waals surface area contributed by atoms with Crippen LogP contribution >= 0.6 is 0 Å². The van der Waals surface area contributed by atoms with Gasteiger partial charge in [-0.1, -0.05) is 43.7 Å². The van der Waals surface area contributed by atoms with Crippen molar-refractivity contribution in [2.45, 2.75) is 39.2 Å². The lowest BCUT2D eigenvalue weighted by Crippen LogP contribution is -2.12. The van der Waals surface area contributed by atoms with Gasteiger partial charge in [0.25, 0.3) is 0 Å². The van der Waals surface area contributed by atoms with Crippen molar-refractivity contribution in [3.05, 3.63) is 58.7 Å². The van der Waals surface area contributed by atoms with Gasteiger partial charge in [-0.25, -0.2) is 14.9 Å². The summed E-state index contributed by atoms with van der Waals surface area (Å²) in [4.78, 5) is 18.7. The molecule has 0 radical (unpaired) electrons. The van der Waals surface area contributed by atoms with Gasteiger partial charge in [0.2, 0.25) is 0 Å². The minimum atomic E-state index is -0.287. The fraction of sp³-hybridized carbons (Fsp3) is 0.353. The van der Waals surface area contributed by atoms with Crippen LogP contribution in [0, 0.1) is 0 Å². The SMILES string of the molecule is CCCCc1c(-c2ccccc2)ncn1[C@H](C)c1n[nH]c(=O)[nH]1. The Labute approximate surface area is 134 Å². The van der Waals surface area contributed by atoms with Crippen LogP contribution in [0.5, 0.6) is 0 Å². The molecule has 0 bridgehead atoms. The lowest BCUT2D eigenvalue weighted by molar-refractivity contribution is 0.569. The molecular formula is C17H21N5O. The van der Waals surface area contributed by atoms with Crippen molar-refractivity contribution in [2.75, 3.05) is 0 Å². The molecule has 0 aliphatic heterocycles. The molecule has 0 aliphatic carbocycles. The Morgan fingerprint density at radius 1 is 1.26 bits per heavy atom. The van der Waals surface area contributed by atoms with Crippen molar-refractivity contribution >= 4 is 0 Å². The summed E-state index contributed by atoms with van der Waals surface area (Å²) in [5.74, 6) is 0.616. The van der Waals surface area contributed by atoms with Crippen LogP contribution in [-0.2, 0) is 6.42 Å². The number of nitrogens with zero attached hydrogens (tertiary/aromatic N) is 3. The monoisotopic (exact) mass is 311 g/mol. The average molecular weight is 311 g/mol. The minimum absolute atomic E-state index is 0.0780. The number of H-pyrrole nitrogens is 2. The summed E-state index contributed by atoms with van der Waals surface area (Å²) >= 11 is 0. The Kier molecular flexibility index (Phi) is 4.41. The van der Waals surface area contributed by atoms with Gasteiger partial charge in [0.05, 0.1) is 18.1 Å². The third-order valence-electron chi connectivity index (χ3n) is 4.04. The van der Waals surface area contributed by atoms with E-state index in [0.717, 1.165) is 30.5 Å². The van der Waals surface area contributed by atoms with Crippen LogP contribution in [0.2, 0.25) is 0 Å². The second-order valence-corrected chi connectivity index (χ2v) is 5.66. The molecule has 0 saturated heterocycles. The average Bonchev–Trinajstić information content (AvgIpc) is 3.19. The molecule has 2 heterocycles. The number of aromatic nitrogens is 5. The van der Waals surface area contributed by atoms with Gasteiger partial charge in [-0.05, 0) is 19.8 Å². The number of benzene rings is 1. The molecule has 6 heteroatoms. The van der Waals surface area contributed by atoms with Crippen molar-refractivity contribution in [3.8, 4) is 11.3 Å². The second kappa shape index (κ2) is 6.64. The fourth-order valence-corrected chi connectivity index (χ4v) is 2.76. The van der Waals surface area contributed by atoms with Crippen LogP contribution in [-0.4, -0.2) is 24.7 Å². The number of imidazole rings is 1. The van der Waals surface area contributed by atoms with Crippen LogP contribution in [0.15, 0.2) is 41.5 Å². The topological polar surface area (TPSA) is 79.4 Å². The van der Waals surface area contributed by atoms with E-state index in [1.165, 1.54) is 5.69 Å². The van der Waals surface area contributed by atoms with Gasteiger partial charge >= 0.3 is 5.69 Å². The maximum absolute atomic E-state index is 11.3. The first-order valence-electron chi connectivity index (χ1n) is 7.96. The number of hydrogen-bond donors (Lipinski definition) is 2. The summed E-state index contributed by atoms with van der Waals surface area (Å²) in [6.45, 7) is 4.19. The molecule has 2 aromatic heterocycles. The normalized spacial score (nSPS) is 12.4. The zero-order valence-corrected chi connectivity index (χ0v) is 13.4. The predicted octanol–water partition coefficient (Wildman–Crippen LogP) is 2.91. The summed E-state index contributed by atoms with van der Waals surface area (Å²) in [5, 5.41) is 6.48. The predicted molar refractivity (Wildman–Crippen MR) is 89.3 cm³/mol. The zero-order chi connectivity index (χ0) is 16.2. The van der Waals surface area contributed by atoms with E-state index in [-0.39, 0.29) is 11.7 Å². The van der Waals surface area contributed by atoms with E-state index < -0.39 is 0 Å². The van der Waals surface area contributed by atoms with Gasteiger partial charge in [0.1, 0.15) is 0 Å². The number of hydrogen-bond acceptors (Lipinski definition) is 3. The third-order valence-corrected chi connectivity index (χ3v) is 4.04. The highest BCUT2D eigenvalue weighted by molar-refractivity contribution is 5.62. The molecule has 3 rings (SSSR count). The standard InChI is InChI=1S/C17H21N5O/c1-3-4-10-14-15(13-8-6-5-7-9-13)18-11-22(14)12(2)16-19-17(23)21-20-16/h5-9,11-12H,3-4,10H2,1-2H3,(H2,19,20,21,23)/t12-/m1/s1. The number of aromatic amines is 2. The van der Waals surface area contributed by atoms with Gasteiger partial charge in [-0.2, -0.15) is 5.10 Å². The van der Waals surface area contributed by atoms with Crippen molar-refractivity contribution in [3.63, 3.8) is 0 Å². The lowest BCUT2D eigenvalue weighted by Gasteiger charge is -2.15. The van der Waals surface area contributed by atoms with Crippen LogP contribution in [0.1, 0.15) is 44.2 Å². The quantitative estimate of drug-likeness (QED) is 0.734. The summed E-state index contributed by atoms with van der Waals surface area (Å²) in [6.07, 6.45) is 4.99. The second-order valence-electron chi connectivity index (χ2n) is 5.66. The highest BCUT2D eigenvalue weighted by Gasteiger charge is 2.19. The molecule has 0 spiro atoms. The van der Waals surface area contributed by atoms with E-state index in [4.69, 9.17) is 0 Å². The van der Waals surface area contributed by atoms with Crippen molar-refractivity contribution in [1.29, 1.82) is 0 Å². The first-order valence-corrected chi connectivity index (χ1v) is 7.96. The van der Waals surface area contributed by atoms with Gasteiger partial charge in [0, 0.05) is 11.3 Å². The largest absolute Gasteiger partial charge is 0.340 e. The molecule has 0 saturated carbocycles. The Morgan fingerprint density at radius 3 is 2.70 bits per heavy atom. The Hall–Kier alpha value is -2.63. The van der Waals surface area contributed by atoms with Crippen LogP contribution in [0.3, 0.4) is 0 Å². The third kappa shape index (κ3) is 3.11. The number of nitrogens with one attached hydrogen (secondary N) is 2. The molecule has 3 aromatic rings. The van der Waals surface area contributed by atoms with E-state index in [1.54, 1.807) is 0 Å². The lowest BCUT2D eigenvalue weighted by atomic mass is 10.1. The molecule has 6 nitrogen and oxygen atoms in total. The van der Waals surface area contributed by atoms with E-state index in [2.05, 4.69) is 43.8 Å². The van der Waals surface area contributed by atoms with Gasteiger partial charge in [-0.15, -0.1) is 0 Å². The first-order chi connectivity index (χ1) is 11.2. The van der Waals surface area contributed by atoms with Crippen molar-refractivity contribution < 1.29 is 0 Å². The van der Waals surface area contributed by atoms with Crippen molar-refractivity contribution in [1.82, 2.24) is 24.7 Å². The van der Waals surface area contributed by atoms with Crippen LogP contribution in [0.4, 0.5) is 0 Å². The Balaban J connectivity index is 2.03. The highest BCUT2D eigenvalue weighted by atomic mass is 16.1. The molecular weight excluding hydrogens is 290 g/mol. The molecule has 0 fully saturated rings. The van der Waals surface area contributed by atoms with E-state index in [0.29, 0.717) is 5.82 Å². The van der Waals surface area contributed by atoms with Gasteiger partial charge in [-0.3, -0.25) is 4.98 Å². The maximum Gasteiger partial charge on any atom is 0.340 e. The smallest absolute Gasteiger partial charge is 0.324 e. The van der Waals surface area contributed by atoms with Crippen molar-refractivity contribution in [2.24, 2.45) is 0 Å². The van der Waals surface area contributed by atoms with Gasteiger partial charge in [0.15, 0.2) is 5.82 Å². The number of rotatable bonds is 6. The summed E-state index contributed by atoms with van der Waals surface area (Å²) in [6, 6.07) is 10.1. The molecule has 0 aliphatic rings. The summed E-state index contributed by atoms with van der Waals surface area (Å²) < 4.78 is 2.10. The Morgan fingerprint density at radius 2 is 2.04 bits per heavy atom. The Bertz CT molecular complexity index is 815. The van der Waals surface area contributed by atoms with E-state index in [1.807, 2.05) is 31.5 Å². The molecule has 0 amide bonds. The van der Waals surface area contributed by atoms with Gasteiger partial charge < -0.3 is 4.57 Å². The van der Waals surface area contributed by atoms with Crippen LogP contribution < -0.4 is 5.69 Å². The molecule has 23 heavy (non-hydrogen) atoms. The van der Waals surface area contributed by atoms with Crippen LogP contribution in [0.25, 0.3) is 11.3 Å². The molecule has 1 atom stereocenters. The van der Waals surface area contributed by atoms with E-state index >= 15 is 0 Å². The first kappa shape index (κ1) is 15.3. The van der Waals surface area contributed by atoms with E-state index in [9.17, 15) is 4.79 Å². The fourth-order valence-electron chi connectivity index (χ4n) is 2.76. The molecule has 120 valence electrons. The molecule has 1 aromatic carbocycles. The summed E-state index contributed by atoms with van der Waals surface area (Å²) in [5.41, 5.74) is 3.00. The molecule has 2 N–H and O–H groups in total. The summed E-state index contributed by atoms with van der Waals surface area (Å²) in [7, 11) is 0. The minimum Gasteiger partial charge on any atom is -0.324 e. The zero-order valence-electron chi connectivity index (χ0n) is 13.4.